The Bertz CT molecular complexity index is 541. The van der Waals surface area contributed by atoms with Crippen LogP contribution in [0.15, 0.2) is 34.9 Å². The van der Waals surface area contributed by atoms with Gasteiger partial charge in [-0.05, 0) is 51.0 Å². The van der Waals surface area contributed by atoms with Crippen molar-refractivity contribution in [1.29, 1.82) is 0 Å². The topological polar surface area (TPSA) is 32.7 Å². The van der Waals surface area contributed by atoms with Crippen LogP contribution >= 0.6 is 0 Å². The van der Waals surface area contributed by atoms with Gasteiger partial charge in [0.05, 0.1) is 17.0 Å². The molecule has 0 unspecified atom stereocenters. The number of nitrogens with zero attached hydrogens (tertiary/aromatic N) is 2. The van der Waals surface area contributed by atoms with Crippen LogP contribution in [0.3, 0.4) is 0 Å². The molecule has 0 bridgehead atoms. The standard InChI is InChI=1S/C14H16N2O/c1-5-13-11(4)15-16(14(13)17)12-7-6-9(2)10(3)8-12/h5-8H,1-4H3. The van der Waals surface area contributed by atoms with Gasteiger partial charge in [0.2, 0.25) is 0 Å². The second kappa shape index (κ2) is 4.17. The molecule has 1 amide bonds. The first-order valence-electron chi connectivity index (χ1n) is 5.68. The highest BCUT2D eigenvalue weighted by Crippen LogP contribution is 2.25. The molecule has 17 heavy (non-hydrogen) atoms. The van der Waals surface area contributed by atoms with E-state index in [-0.39, 0.29) is 5.91 Å². The van der Waals surface area contributed by atoms with Gasteiger partial charge in [0.15, 0.2) is 0 Å². The van der Waals surface area contributed by atoms with Crippen LogP contribution < -0.4 is 5.01 Å². The van der Waals surface area contributed by atoms with Gasteiger partial charge >= 0.3 is 0 Å². The van der Waals surface area contributed by atoms with Crippen molar-refractivity contribution < 1.29 is 4.79 Å². The maximum Gasteiger partial charge on any atom is 0.280 e. The number of carbonyl (C=O) groups excluding carboxylic acids is 1. The molecule has 0 aromatic heterocycles. The average Bonchev–Trinajstić information content (AvgIpc) is 2.58. The monoisotopic (exact) mass is 228 g/mol. The molecule has 2 rings (SSSR count). The Morgan fingerprint density at radius 1 is 1.18 bits per heavy atom. The minimum Gasteiger partial charge on any atom is -0.267 e. The fourth-order valence-electron chi connectivity index (χ4n) is 1.88. The third kappa shape index (κ3) is 1.88. The molecular weight excluding hydrogens is 212 g/mol. The molecule has 1 aliphatic rings. The van der Waals surface area contributed by atoms with E-state index in [1.807, 2.05) is 45.0 Å². The molecule has 0 atom stereocenters. The zero-order valence-corrected chi connectivity index (χ0v) is 10.6. The lowest BCUT2D eigenvalue weighted by molar-refractivity contribution is -0.114. The minimum absolute atomic E-state index is 0.0479. The molecule has 0 saturated heterocycles. The van der Waals surface area contributed by atoms with Gasteiger partial charge in [-0.15, -0.1) is 0 Å². The number of hydrogen-bond donors (Lipinski definition) is 0. The lowest BCUT2D eigenvalue weighted by Crippen LogP contribution is -2.21. The number of allylic oxidation sites excluding steroid dienone is 1. The summed E-state index contributed by atoms with van der Waals surface area (Å²) >= 11 is 0. The molecule has 1 heterocycles. The average molecular weight is 228 g/mol. The van der Waals surface area contributed by atoms with Crippen LogP contribution in [-0.4, -0.2) is 11.6 Å². The van der Waals surface area contributed by atoms with E-state index in [9.17, 15) is 4.79 Å². The maximum absolute atomic E-state index is 12.1. The van der Waals surface area contributed by atoms with Crippen LogP contribution in [0.25, 0.3) is 0 Å². The lowest BCUT2D eigenvalue weighted by atomic mass is 10.1. The molecule has 0 saturated carbocycles. The summed E-state index contributed by atoms with van der Waals surface area (Å²) in [4.78, 5) is 12.1. The number of anilines is 1. The van der Waals surface area contributed by atoms with Gasteiger partial charge in [0, 0.05) is 0 Å². The van der Waals surface area contributed by atoms with Gasteiger partial charge in [0.1, 0.15) is 0 Å². The second-order valence-corrected chi connectivity index (χ2v) is 4.27. The van der Waals surface area contributed by atoms with Crippen molar-refractivity contribution in [2.75, 3.05) is 5.01 Å². The Morgan fingerprint density at radius 3 is 2.41 bits per heavy atom. The fourth-order valence-corrected chi connectivity index (χ4v) is 1.88. The number of hydrazone groups is 1. The minimum atomic E-state index is -0.0479. The summed E-state index contributed by atoms with van der Waals surface area (Å²) in [6, 6.07) is 5.93. The van der Waals surface area contributed by atoms with E-state index in [1.165, 1.54) is 10.6 Å². The highest BCUT2D eigenvalue weighted by atomic mass is 16.2. The van der Waals surface area contributed by atoms with Crippen LogP contribution in [0.4, 0.5) is 5.69 Å². The molecule has 1 aromatic rings. The van der Waals surface area contributed by atoms with Gasteiger partial charge in [0.25, 0.3) is 5.91 Å². The number of benzene rings is 1. The number of aryl methyl sites for hydroxylation is 2. The van der Waals surface area contributed by atoms with E-state index in [1.54, 1.807) is 0 Å². The van der Waals surface area contributed by atoms with Gasteiger partial charge in [-0.3, -0.25) is 4.79 Å². The Labute approximate surface area is 101 Å². The van der Waals surface area contributed by atoms with Crippen molar-refractivity contribution in [2.45, 2.75) is 27.7 Å². The van der Waals surface area contributed by atoms with Crippen molar-refractivity contribution >= 4 is 17.3 Å². The molecule has 3 nitrogen and oxygen atoms in total. The molecule has 0 aliphatic carbocycles. The summed E-state index contributed by atoms with van der Waals surface area (Å²) in [5.41, 5.74) is 4.66. The molecule has 0 spiro atoms. The molecular formula is C14H16N2O. The van der Waals surface area contributed by atoms with E-state index in [0.29, 0.717) is 5.57 Å². The van der Waals surface area contributed by atoms with E-state index >= 15 is 0 Å². The summed E-state index contributed by atoms with van der Waals surface area (Å²) in [6.07, 6.45) is 1.81. The van der Waals surface area contributed by atoms with Crippen molar-refractivity contribution in [3.8, 4) is 0 Å². The SMILES string of the molecule is CC=C1C(=O)N(c2ccc(C)c(C)c2)N=C1C. The number of hydrogen-bond acceptors (Lipinski definition) is 2. The lowest BCUT2D eigenvalue weighted by Gasteiger charge is -2.13. The highest BCUT2D eigenvalue weighted by Gasteiger charge is 2.27. The Balaban J connectivity index is 2.43. The highest BCUT2D eigenvalue weighted by molar-refractivity contribution is 6.29. The van der Waals surface area contributed by atoms with E-state index in [2.05, 4.69) is 12.0 Å². The maximum atomic E-state index is 12.1. The van der Waals surface area contributed by atoms with Crippen molar-refractivity contribution in [1.82, 2.24) is 0 Å². The molecule has 3 heteroatoms. The van der Waals surface area contributed by atoms with E-state index in [0.717, 1.165) is 17.0 Å². The smallest absolute Gasteiger partial charge is 0.267 e. The first kappa shape index (κ1) is 11.6. The molecule has 0 N–H and O–H groups in total. The van der Waals surface area contributed by atoms with Gasteiger partial charge in [-0.1, -0.05) is 12.1 Å². The Morgan fingerprint density at radius 2 is 1.88 bits per heavy atom. The normalized spacial score (nSPS) is 17.9. The predicted octanol–water partition coefficient (Wildman–Crippen LogP) is 2.97. The van der Waals surface area contributed by atoms with E-state index < -0.39 is 0 Å². The molecule has 1 aromatic carbocycles. The van der Waals surface area contributed by atoms with Crippen LogP contribution in [0, 0.1) is 13.8 Å². The largest absolute Gasteiger partial charge is 0.280 e. The van der Waals surface area contributed by atoms with Gasteiger partial charge in [-0.2, -0.15) is 10.1 Å². The Kier molecular flexibility index (Phi) is 2.84. The predicted molar refractivity (Wildman–Crippen MR) is 70.3 cm³/mol. The zero-order valence-electron chi connectivity index (χ0n) is 10.6. The number of carbonyl (C=O) groups is 1. The van der Waals surface area contributed by atoms with Crippen molar-refractivity contribution in [3.05, 3.63) is 41.0 Å². The number of amides is 1. The molecule has 1 aliphatic heterocycles. The molecule has 0 fully saturated rings. The van der Waals surface area contributed by atoms with E-state index in [4.69, 9.17) is 0 Å². The molecule has 88 valence electrons. The Hall–Kier alpha value is -1.90. The van der Waals surface area contributed by atoms with Crippen molar-refractivity contribution in [2.24, 2.45) is 5.10 Å². The molecule has 0 radical (unpaired) electrons. The fraction of sp³-hybridized carbons (Fsp3) is 0.286. The van der Waals surface area contributed by atoms with Crippen LogP contribution in [0.5, 0.6) is 0 Å². The second-order valence-electron chi connectivity index (χ2n) is 4.27. The van der Waals surface area contributed by atoms with Crippen LogP contribution in [0.2, 0.25) is 0 Å². The number of rotatable bonds is 1. The van der Waals surface area contributed by atoms with Crippen molar-refractivity contribution in [3.63, 3.8) is 0 Å². The summed E-state index contributed by atoms with van der Waals surface area (Å²) in [7, 11) is 0. The summed E-state index contributed by atoms with van der Waals surface area (Å²) in [5, 5.41) is 5.76. The van der Waals surface area contributed by atoms with Gasteiger partial charge < -0.3 is 0 Å². The summed E-state index contributed by atoms with van der Waals surface area (Å²) in [5.74, 6) is -0.0479. The van der Waals surface area contributed by atoms with Crippen LogP contribution in [0.1, 0.15) is 25.0 Å². The van der Waals surface area contributed by atoms with Crippen LogP contribution in [-0.2, 0) is 4.79 Å². The third-order valence-electron chi connectivity index (χ3n) is 3.09. The zero-order chi connectivity index (χ0) is 12.6. The third-order valence-corrected chi connectivity index (χ3v) is 3.09. The summed E-state index contributed by atoms with van der Waals surface area (Å²) < 4.78 is 0. The summed E-state index contributed by atoms with van der Waals surface area (Å²) in [6.45, 7) is 7.80. The first-order chi connectivity index (χ1) is 8.04. The first-order valence-corrected chi connectivity index (χ1v) is 5.68. The quantitative estimate of drug-likeness (QED) is 0.680. The van der Waals surface area contributed by atoms with Gasteiger partial charge in [-0.25, -0.2) is 0 Å².